The van der Waals surface area contributed by atoms with Crippen LogP contribution >= 0.6 is 11.3 Å². The van der Waals surface area contributed by atoms with E-state index in [1.807, 2.05) is 0 Å². The summed E-state index contributed by atoms with van der Waals surface area (Å²) < 4.78 is 254. The monoisotopic (exact) mass is 504 g/mol. The maximum atomic E-state index is 8.71. The van der Waals surface area contributed by atoms with Gasteiger partial charge in [0.05, 0.1) is 33.8 Å². The van der Waals surface area contributed by atoms with E-state index in [0.29, 0.717) is 11.3 Å². The fourth-order valence-electron chi connectivity index (χ4n) is 2.49. The lowest BCUT2D eigenvalue weighted by atomic mass is 10.1. The summed E-state index contributed by atoms with van der Waals surface area (Å²) in [6.45, 7) is -17.2. The molecule has 0 atom stereocenters. The molecule has 1 fully saturated rings. The molecule has 0 unspecified atom stereocenters. The van der Waals surface area contributed by atoms with Crippen LogP contribution in [0.2, 0.25) is 0 Å². The van der Waals surface area contributed by atoms with Gasteiger partial charge < -0.3 is 19.3 Å². The number of piperidine rings is 1. The third-order valence-electron chi connectivity index (χ3n) is 3.88. The van der Waals surface area contributed by atoms with E-state index in [9.17, 15) is 0 Å². The standard InChI is InChI=1S/C28H29NO4S/c1-31-22-8-5-20(6-9-22)28-27(25-14-7-21(30)19-26(25)34-28)33-24-12-10-23(11-13-24)32-18-17-29-15-3-2-4-16-29/h5-14,19,30H,2-4,15-18H2,1H3/i1D3,2D2,3D2,4D2,5D,6D,7D,8D,9D,10D,11D,12D,13D,14D,15D2,16D2,17D2,18D2,19D/hD. The van der Waals surface area contributed by atoms with Gasteiger partial charge in [0.15, 0.2) is 5.75 Å². The Morgan fingerprint density at radius 2 is 1.79 bits per heavy atom. The summed E-state index contributed by atoms with van der Waals surface area (Å²) in [6.07, 6.45) is -12.3. The third-order valence-corrected chi connectivity index (χ3v) is 4.98. The number of likely N-dealkylation sites (tertiary alicyclic amines) is 1. The van der Waals surface area contributed by atoms with E-state index >= 15 is 0 Å². The molecule has 1 N–H and O–H groups in total. The van der Waals surface area contributed by atoms with Crippen molar-refractivity contribution >= 4 is 21.4 Å². The van der Waals surface area contributed by atoms with Gasteiger partial charge in [0.1, 0.15) is 29.6 Å². The van der Waals surface area contributed by atoms with Crippen LogP contribution in [0.4, 0.5) is 0 Å². The quantitative estimate of drug-likeness (QED) is 0.268. The van der Waals surface area contributed by atoms with Crippen molar-refractivity contribution in [2.75, 3.05) is 33.1 Å². The first-order chi connectivity index (χ1) is 28.2. The van der Waals surface area contributed by atoms with Crippen LogP contribution in [0.25, 0.3) is 20.5 Å². The van der Waals surface area contributed by atoms with Gasteiger partial charge in [0, 0.05) is 33.0 Å². The second kappa shape index (κ2) is 10.4. The Hall–Kier alpha value is -3.22. The third kappa shape index (κ3) is 5.13. The fourth-order valence-corrected chi connectivity index (χ4v) is 3.53. The predicted octanol–water partition coefficient (Wildman–Crippen LogP) is 6.94. The summed E-state index contributed by atoms with van der Waals surface area (Å²) in [5.74, 6) is -5.30. The topological polar surface area (TPSA) is 51.2 Å². The molecule has 4 aromatic rings. The summed E-state index contributed by atoms with van der Waals surface area (Å²) in [6, 6.07) is -12.2. The number of ether oxygens (including phenoxy) is 3. The number of rotatable bonds is 9. The molecule has 0 spiro atoms. The molecule has 0 saturated carbocycles. The smallest absolute Gasteiger partial charge is 0.293 e. The molecule has 2 heterocycles. The molecule has 1 aliphatic rings. The molecular formula is C28H29NO4S. The van der Waals surface area contributed by atoms with Crippen molar-refractivity contribution in [3.05, 3.63) is 66.5 Å². The Labute approximate surface area is 245 Å². The van der Waals surface area contributed by atoms with Gasteiger partial charge in [-0.3, -0.25) is 4.90 Å². The van der Waals surface area contributed by atoms with Gasteiger partial charge in [-0.2, -0.15) is 0 Å². The summed E-state index contributed by atoms with van der Waals surface area (Å²) in [5.41, 5.74) is -0.734. The molecule has 0 amide bonds. The van der Waals surface area contributed by atoms with E-state index in [2.05, 4.69) is 9.85 Å². The minimum Gasteiger partial charge on any atom is -0.508 e. The molecule has 3 aromatic carbocycles. The van der Waals surface area contributed by atoms with Crippen molar-refractivity contribution in [1.29, 1.82) is 1.43 Å². The van der Waals surface area contributed by atoms with Crippen molar-refractivity contribution in [3.8, 4) is 39.2 Å². The van der Waals surface area contributed by atoms with Gasteiger partial charge >= 0.3 is 0 Å². The number of fused-ring (bicyclic) bond motifs is 1. The molecule has 0 bridgehead atoms. The molecule has 34 heavy (non-hydrogen) atoms. The minimum atomic E-state index is -4.41. The summed E-state index contributed by atoms with van der Waals surface area (Å²) in [5, 5.41) is 3.78. The van der Waals surface area contributed by atoms with E-state index in [1.54, 1.807) is 0 Å². The number of hydrogen-bond acceptors (Lipinski definition) is 6. The second-order valence-corrected chi connectivity index (χ2v) is 7.01. The first-order valence-corrected chi connectivity index (χ1v) is 9.82. The number of phenols is 1. The number of phenolic OH excluding ortho intramolecular Hbond substituents is 1. The molecule has 6 heteroatoms. The molecule has 0 radical (unpaired) electrons. The summed E-state index contributed by atoms with van der Waals surface area (Å²) >= 11 is 0.374. The number of nitrogens with zero attached hydrogens (tertiary/aromatic N) is 1. The van der Waals surface area contributed by atoms with E-state index in [4.69, 9.17) is 49.3 Å². The molecule has 176 valence electrons. The van der Waals surface area contributed by atoms with Gasteiger partial charge in [0.25, 0.3) is 1.43 Å². The van der Waals surface area contributed by atoms with Crippen LogP contribution in [0.1, 0.15) is 57.5 Å². The number of thiophene rings is 1. The fraction of sp³-hybridized carbons (Fsp3) is 0.286. The molecule has 0 aliphatic carbocycles. The van der Waals surface area contributed by atoms with Crippen LogP contribution in [-0.2, 0) is 0 Å². The van der Waals surface area contributed by atoms with Crippen LogP contribution in [0, 0.1) is 0 Å². The number of methoxy groups -OCH3 is 1. The van der Waals surface area contributed by atoms with Gasteiger partial charge in [0.2, 0.25) is 0 Å². The van der Waals surface area contributed by atoms with E-state index in [-0.39, 0.29) is 0 Å². The minimum absolute atomic E-state index is 0.374. The van der Waals surface area contributed by atoms with Gasteiger partial charge in [-0.15, -0.1) is 11.3 Å². The van der Waals surface area contributed by atoms with Crippen molar-refractivity contribution in [3.63, 3.8) is 0 Å². The van der Waals surface area contributed by atoms with Crippen molar-refractivity contribution < 1.29 is 57.7 Å². The maximum absolute atomic E-state index is 8.71. The average molecular weight is 505 g/mol. The van der Waals surface area contributed by atoms with Crippen molar-refractivity contribution in [2.45, 2.75) is 19.1 Å². The highest BCUT2D eigenvalue weighted by Crippen LogP contribution is 2.47. The maximum Gasteiger partial charge on any atom is 0.293 e. The van der Waals surface area contributed by atoms with E-state index in [1.165, 1.54) is 0 Å². The zero-order chi connectivity index (χ0) is 48.7. The summed E-state index contributed by atoms with van der Waals surface area (Å²) in [4.78, 5) is -1.47. The highest BCUT2D eigenvalue weighted by Gasteiger charge is 2.17. The summed E-state index contributed by atoms with van der Waals surface area (Å²) in [7, 11) is -3.26. The van der Waals surface area contributed by atoms with Gasteiger partial charge in [-0.1, -0.05) is 6.37 Å². The van der Waals surface area contributed by atoms with E-state index in [0.717, 1.165) is 0 Å². The molecule has 1 aliphatic heterocycles. The van der Waals surface area contributed by atoms with Gasteiger partial charge in [-0.05, 0) is 97.8 Å². The molecule has 1 saturated heterocycles. The van der Waals surface area contributed by atoms with Crippen LogP contribution in [0.15, 0.2) is 66.5 Å². The lowest BCUT2D eigenvalue weighted by molar-refractivity contribution is 0.183. The Kier molecular flexibility index (Phi) is 2.05. The number of aromatic hydroxyl groups is 1. The Bertz CT molecular complexity index is 2460. The molecule has 5 rings (SSSR count). The number of hydrogen-bond donors (Lipinski definition) is 1. The first-order valence-electron chi connectivity index (χ1n) is 23.4. The lowest BCUT2D eigenvalue weighted by Gasteiger charge is -2.26. The highest BCUT2D eigenvalue weighted by molar-refractivity contribution is 7.22. The lowest BCUT2D eigenvalue weighted by Crippen LogP contribution is -2.33. The zero-order valence-electron chi connectivity index (χ0n) is 45.5. The van der Waals surface area contributed by atoms with Crippen molar-refractivity contribution in [2.24, 2.45) is 0 Å². The van der Waals surface area contributed by atoms with Gasteiger partial charge in [-0.25, -0.2) is 0 Å². The van der Waals surface area contributed by atoms with E-state index < -0.39 is 173 Å². The second-order valence-electron chi connectivity index (χ2n) is 5.98. The SMILES string of the molecule is [2H]Oc1c([2H])c([2H])c2c(Oc3c([2H])c([2H])c(OC([2H])([2H])C([2H])([2H])N4C([2H])([2H])C([2H])([2H])C([2H])([2H])C([2H])([2H])C4([2H])[2H])c([2H])c3[2H])c(-c3c([2H])c([2H])c(OC([2H])([2H])[2H])c([2H])c3[2H])sc2c1[2H]. The first kappa shape index (κ1) is 6.71. The Morgan fingerprint density at radius 1 is 1.03 bits per heavy atom. The Balaban J connectivity index is 1.74. The van der Waals surface area contributed by atoms with Crippen LogP contribution < -0.4 is 14.2 Å². The average Bonchev–Trinajstić information content (AvgIpc) is 3.52. The highest BCUT2D eigenvalue weighted by atomic mass is 32.1. The molecule has 5 nitrogen and oxygen atoms in total. The van der Waals surface area contributed by atoms with Crippen LogP contribution in [0.5, 0.6) is 28.7 Å². The number of benzene rings is 3. The molecular weight excluding hydrogens is 446 g/mol. The van der Waals surface area contributed by atoms with Crippen LogP contribution in [0.3, 0.4) is 0 Å². The van der Waals surface area contributed by atoms with Crippen LogP contribution in [-0.4, -0.2) is 44.5 Å². The molecule has 1 aromatic heterocycles. The Morgan fingerprint density at radius 3 is 2.56 bits per heavy atom. The zero-order valence-corrected chi connectivity index (χ0v) is 17.3. The predicted molar refractivity (Wildman–Crippen MR) is 138 cm³/mol. The largest absolute Gasteiger partial charge is 0.508 e. The van der Waals surface area contributed by atoms with Crippen molar-refractivity contribution in [1.82, 2.24) is 4.90 Å². The normalized spacial score (nSPS) is 35.1.